The lowest BCUT2D eigenvalue weighted by molar-refractivity contribution is -0.145. The lowest BCUT2D eigenvalue weighted by atomic mass is 10.1. The second-order valence-electron chi connectivity index (χ2n) is 6.01. The zero-order valence-corrected chi connectivity index (χ0v) is 14.1. The van der Waals surface area contributed by atoms with Crippen molar-refractivity contribution in [1.82, 2.24) is 5.32 Å². The molecule has 3 N–H and O–H groups in total. The van der Waals surface area contributed by atoms with Crippen molar-refractivity contribution in [3.63, 3.8) is 0 Å². The van der Waals surface area contributed by atoms with E-state index in [1.165, 1.54) is 7.11 Å². The average molecular weight is 324 g/mol. The van der Waals surface area contributed by atoms with Crippen LogP contribution in [0.1, 0.15) is 27.7 Å². The standard InChI is InChI=1S/C16H24N2O5/c1-10(22-12-9-7-6-8-11(12)17)13(14(19)21-5)18-15(20)23-16(2,3)4/h6-10,13H,17H2,1-5H3,(H,18,20). The molecule has 7 nitrogen and oxygen atoms in total. The van der Waals surface area contributed by atoms with Gasteiger partial charge in [0.05, 0.1) is 12.8 Å². The molecule has 0 aliphatic carbocycles. The summed E-state index contributed by atoms with van der Waals surface area (Å²) in [5, 5.41) is 2.46. The maximum absolute atomic E-state index is 11.9. The largest absolute Gasteiger partial charge is 0.486 e. The van der Waals surface area contributed by atoms with E-state index in [4.69, 9.17) is 19.9 Å². The predicted octanol–water partition coefficient (Wildman–Crippen LogP) is 2.10. The molecule has 0 saturated carbocycles. The molecular weight excluding hydrogens is 300 g/mol. The Morgan fingerprint density at radius 3 is 2.35 bits per heavy atom. The number of benzene rings is 1. The van der Waals surface area contributed by atoms with E-state index in [0.29, 0.717) is 11.4 Å². The van der Waals surface area contributed by atoms with Gasteiger partial charge in [-0.05, 0) is 39.8 Å². The number of nitrogen functional groups attached to an aromatic ring is 1. The van der Waals surface area contributed by atoms with Crippen molar-refractivity contribution in [2.75, 3.05) is 12.8 Å². The molecule has 0 aromatic heterocycles. The highest BCUT2D eigenvalue weighted by molar-refractivity contribution is 5.82. The number of ether oxygens (including phenoxy) is 3. The first kappa shape index (κ1) is 18.6. The molecule has 0 heterocycles. The first-order valence-corrected chi connectivity index (χ1v) is 7.22. The molecule has 0 saturated heterocycles. The summed E-state index contributed by atoms with van der Waals surface area (Å²) in [6.45, 7) is 6.81. The van der Waals surface area contributed by atoms with Crippen LogP contribution in [0.5, 0.6) is 5.75 Å². The van der Waals surface area contributed by atoms with Gasteiger partial charge >= 0.3 is 12.1 Å². The summed E-state index contributed by atoms with van der Waals surface area (Å²) in [6.07, 6.45) is -1.44. The van der Waals surface area contributed by atoms with Crippen LogP contribution in [-0.4, -0.2) is 36.9 Å². The van der Waals surface area contributed by atoms with E-state index in [1.807, 2.05) is 0 Å². The van der Waals surface area contributed by atoms with Crippen molar-refractivity contribution in [2.24, 2.45) is 0 Å². The van der Waals surface area contributed by atoms with Crippen LogP contribution >= 0.6 is 0 Å². The first-order chi connectivity index (χ1) is 10.6. The molecule has 0 fully saturated rings. The fourth-order valence-electron chi connectivity index (χ4n) is 1.79. The molecular formula is C16H24N2O5. The van der Waals surface area contributed by atoms with Crippen molar-refractivity contribution in [3.05, 3.63) is 24.3 Å². The normalized spacial score (nSPS) is 13.6. The van der Waals surface area contributed by atoms with Gasteiger partial charge in [-0.15, -0.1) is 0 Å². The number of nitrogens with two attached hydrogens (primary N) is 1. The van der Waals surface area contributed by atoms with E-state index < -0.39 is 29.8 Å². The summed E-state index contributed by atoms with van der Waals surface area (Å²) in [6, 6.07) is 5.84. The smallest absolute Gasteiger partial charge is 0.408 e. The van der Waals surface area contributed by atoms with Gasteiger partial charge in [-0.3, -0.25) is 0 Å². The van der Waals surface area contributed by atoms with E-state index in [0.717, 1.165) is 0 Å². The Morgan fingerprint density at radius 2 is 1.83 bits per heavy atom. The number of esters is 1. The summed E-state index contributed by atoms with van der Waals surface area (Å²) in [5.41, 5.74) is 5.56. The molecule has 0 bridgehead atoms. The topological polar surface area (TPSA) is 99.9 Å². The number of carbonyl (C=O) groups is 2. The highest BCUT2D eigenvalue weighted by Crippen LogP contribution is 2.22. The average Bonchev–Trinajstić information content (AvgIpc) is 2.44. The fourth-order valence-corrected chi connectivity index (χ4v) is 1.79. The zero-order valence-electron chi connectivity index (χ0n) is 14.1. The minimum absolute atomic E-state index is 0.417. The summed E-state index contributed by atoms with van der Waals surface area (Å²) in [5.74, 6) is -0.224. The Hall–Kier alpha value is -2.44. The number of nitrogens with one attached hydrogen (secondary N) is 1. The Morgan fingerprint density at radius 1 is 1.22 bits per heavy atom. The molecule has 1 aromatic carbocycles. The number of para-hydroxylation sites is 2. The molecule has 0 spiro atoms. The van der Waals surface area contributed by atoms with Gasteiger partial charge < -0.3 is 25.3 Å². The summed E-state index contributed by atoms with van der Waals surface area (Å²) in [4.78, 5) is 23.8. The molecule has 0 aliphatic rings. The number of rotatable bonds is 5. The number of methoxy groups -OCH3 is 1. The van der Waals surface area contributed by atoms with E-state index in [1.54, 1.807) is 52.0 Å². The van der Waals surface area contributed by atoms with Crippen molar-refractivity contribution < 1.29 is 23.8 Å². The molecule has 2 unspecified atom stereocenters. The number of amides is 1. The predicted molar refractivity (Wildman–Crippen MR) is 86.1 cm³/mol. The maximum atomic E-state index is 11.9. The Balaban J connectivity index is 2.83. The highest BCUT2D eigenvalue weighted by Gasteiger charge is 2.31. The van der Waals surface area contributed by atoms with Crippen LogP contribution in [0.4, 0.5) is 10.5 Å². The zero-order chi connectivity index (χ0) is 17.6. The van der Waals surface area contributed by atoms with Crippen LogP contribution < -0.4 is 15.8 Å². The molecule has 2 atom stereocenters. The van der Waals surface area contributed by atoms with E-state index in [-0.39, 0.29) is 0 Å². The number of hydrogen-bond acceptors (Lipinski definition) is 6. The number of alkyl carbamates (subject to hydrolysis) is 1. The first-order valence-electron chi connectivity index (χ1n) is 7.22. The van der Waals surface area contributed by atoms with E-state index in [2.05, 4.69) is 5.32 Å². The second kappa shape index (κ2) is 7.71. The minimum Gasteiger partial charge on any atom is -0.486 e. The molecule has 7 heteroatoms. The van der Waals surface area contributed by atoms with Crippen LogP contribution in [0.3, 0.4) is 0 Å². The van der Waals surface area contributed by atoms with Crippen LogP contribution in [0, 0.1) is 0 Å². The molecule has 23 heavy (non-hydrogen) atoms. The Bertz CT molecular complexity index is 554. The van der Waals surface area contributed by atoms with Crippen LogP contribution in [-0.2, 0) is 14.3 Å². The third-order valence-corrected chi connectivity index (χ3v) is 2.83. The molecule has 1 amide bonds. The van der Waals surface area contributed by atoms with Crippen molar-refractivity contribution in [2.45, 2.75) is 45.4 Å². The second-order valence-corrected chi connectivity index (χ2v) is 6.01. The maximum Gasteiger partial charge on any atom is 0.408 e. The number of hydrogen-bond donors (Lipinski definition) is 2. The van der Waals surface area contributed by atoms with Crippen LogP contribution in [0.15, 0.2) is 24.3 Å². The third kappa shape index (κ3) is 6.06. The van der Waals surface area contributed by atoms with Crippen LogP contribution in [0.25, 0.3) is 0 Å². The van der Waals surface area contributed by atoms with Gasteiger partial charge in [-0.25, -0.2) is 9.59 Å². The lowest BCUT2D eigenvalue weighted by Crippen LogP contribution is -2.51. The van der Waals surface area contributed by atoms with Gasteiger partial charge in [-0.2, -0.15) is 0 Å². The SMILES string of the molecule is COC(=O)C(NC(=O)OC(C)(C)C)C(C)Oc1ccccc1N. The summed E-state index contributed by atoms with van der Waals surface area (Å²) >= 11 is 0. The van der Waals surface area contributed by atoms with Crippen molar-refractivity contribution in [1.29, 1.82) is 0 Å². The van der Waals surface area contributed by atoms with Gasteiger partial charge in [0.25, 0.3) is 0 Å². The fraction of sp³-hybridized carbons (Fsp3) is 0.500. The highest BCUT2D eigenvalue weighted by atomic mass is 16.6. The summed E-state index contributed by atoms with van der Waals surface area (Å²) in [7, 11) is 1.23. The molecule has 0 aliphatic heterocycles. The molecule has 1 aromatic rings. The minimum atomic E-state index is -1.03. The Labute approximate surface area is 136 Å². The number of carbonyl (C=O) groups excluding carboxylic acids is 2. The number of anilines is 1. The van der Waals surface area contributed by atoms with Crippen LogP contribution in [0.2, 0.25) is 0 Å². The van der Waals surface area contributed by atoms with Crippen molar-refractivity contribution >= 4 is 17.7 Å². The van der Waals surface area contributed by atoms with E-state index >= 15 is 0 Å². The third-order valence-electron chi connectivity index (χ3n) is 2.83. The summed E-state index contributed by atoms with van der Waals surface area (Å²) < 4.78 is 15.5. The lowest BCUT2D eigenvalue weighted by Gasteiger charge is -2.26. The van der Waals surface area contributed by atoms with Gasteiger partial charge in [0.15, 0.2) is 6.04 Å². The molecule has 1 rings (SSSR count). The quantitative estimate of drug-likeness (QED) is 0.635. The Kier molecular flexibility index (Phi) is 6.24. The van der Waals surface area contributed by atoms with Crippen molar-refractivity contribution in [3.8, 4) is 5.75 Å². The molecule has 0 radical (unpaired) electrons. The van der Waals surface area contributed by atoms with Gasteiger partial charge in [-0.1, -0.05) is 12.1 Å². The molecule has 128 valence electrons. The monoisotopic (exact) mass is 324 g/mol. The van der Waals surface area contributed by atoms with Gasteiger partial charge in [0, 0.05) is 0 Å². The van der Waals surface area contributed by atoms with E-state index in [9.17, 15) is 9.59 Å². The van der Waals surface area contributed by atoms with Gasteiger partial charge in [0.1, 0.15) is 17.5 Å². The van der Waals surface area contributed by atoms with Gasteiger partial charge in [0.2, 0.25) is 0 Å².